The molecule has 30 heavy (non-hydrogen) atoms. The Balaban J connectivity index is 1.82. The van der Waals surface area contributed by atoms with Crippen LogP contribution in [0.1, 0.15) is 30.5 Å². The second-order valence-corrected chi connectivity index (χ2v) is 7.21. The smallest absolute Gasteiger partial charge is 0.222 e. The Labute approximate surface area is 175 Å². The second kappa shape index (κ2) is 7.99. The lowest BCUT2D eigenvalue weighted by Gasteiger charge is -2.37. The van der Waals surface area contributed by atoms with Crippen molar-refractivity contribution in [2.45, 2.75) is 26.3 Å². The number of rotatable bonds is 5. The van der Waals surface area contributed by atoms with Gasteiger partial charge in [0.15, 0.2) is 11.6 Å². The summed E-state index contributed by atoms with van der Waals surface area (Å²) in [7, 11) is 0. The standard InChI is InChI=1S/C24H24FN5/c1-4-17-9-8-10-18-13-21(15(2)28-23-20(25)14-27-24(26)29-23)30(16(3)22(17)18)19-11-6-5-7-12-19/h5-15H,3-4H2,1-2H3,(H3,26,27,28,29)/t15-/m0/s1. The summed E-state index contributed by atoms with van der Waals surface area (Å²) in [6, 6.07) is 16.0. The molecule has 3 aromatic rings. The molecule has 0 saturated carbocycles. The molecule has 0 bridgehead atoms. The number of hydrogen-bond donors (Lipinski definition) is 2. The number of hydrogen-bond acceptors (Lipinski definition) is 5. The first-order valence-electron chi connectivity index (χ1n) is 9.92. The van der Waals surface area contributed by atoms with Gasteiger partial charge in [-0.15, -0.1) is 0 Å². The molecule has 1 aromatic heterocycles. The molecule has 0 aliphatic carbocycles. The van der Waals surface area contributed by atoms with Crippen molar-refractivity contribution >= 4 is 29.2 Å². The maximum Gasteiger partial charge on any atom is 0.222 e. The molecule has 152 valence electrons. The predicted molar refractivity (Wildman–Crippen MR) is 121 cm³/mol. The first-order valence-corrected chi connectivity index (χ1v) is 9.92. The van der Waals surface area contributed by atoms with Gasteiger partial charge in [0.2, 0.25) is 5.95 Å². The highest BCUT2D eigenvalue weighted by molar-refractivity contribution is 5.92. The minimum Gasteiger partial charge on any atom is -0.368 e. The van der Waals surface area contributed by atoms with Gasteiger partial charge in [0.1, 0.15) is 0 Å². The van der Waals surface area contributed by atoms with Gasteiger partial charge in [-0.05, 0) is 42.7 Å². The average Bonchev–Trinajstić information content (AvgIpc) is 2.76. The summed E-state index contributed by atoms with van der Waals surface area (Å²) >= 11 is 0. The molecule has 0 unspecified atom stereocenters. The normalized spacial score (nSPS) is 14.2. The molecule has 0 radical (unpaired) electrons. The fourth-order valence-electron chi connectivity index (χ4n) is 3.84. The van der Waals surface area contributed by atoms with Crippen LogP contribution < -0.4 is 16.0 Å². The van der Waals surface area contributed by atoms with Gasteiger partial charge in [0, 0.05) is 22.6 Å². The van der Waals surface area contributed by atoms with Crippen LogP contribution in [-0.4, -0.2) is 16.0 Å². The van der Waals surface area contributed by atoms with Gasteiger partial charge in [0.25, 0.3) is 0 Å². The Morgan fingerprint density at radius 1 is 1.17 bits per heavy atom. The van der Waals surface area contributed by atoms with Crippen LogP contribution in [0.3, 0.4) is 0 Å². The Morgan fingerprint density at radius 3 is 2.67 bits per heavy atom. The number of aromatic nitrogens is 2. The largest absolute Gasteiger partial charge is 0.368 e. The number of nitrogens with one attached hydrogen (secondary N) is 1. The van der Waals surface area contributed by atoms with E-state index in [1.54, 1.807) is 0 Å². The molecule has 0 saturated heterocycles. The van der Waals surface area contributed by atoms with Crippen LogP contribution >= 0.6 is 0 Å². The Hall–Kier alpha value is -3.67. The number of para-hydroxylation sites is 1. The monoisotopic (exact) mass is 401 g/mol. The molecule has 5 nitrogen and oxygen atoms in total. The summed E-state index contributed by atoms with van der Waals surface area (Å²) in [6.07, 6.45) is 4.10. The number of nitrogen functional groups attached to an aromatic ring is 1. The molecule has 1 aliphatic rings. The van der Waals surface area contributed by atoms with Gasteiger partial charge < -0.3 is 16.0 Å². The summed E-state index contributed by atoms with van der Waals surface area (Å²) in [5.74, 6) is -0.458. The number of benzene rings is 2. The third-order valence-corrected chi connectivity index (χ3v) is 5.26. The Morgan fingerprint density at radius 2 is 1.93 bits per heavy atom. The van der Waals surface area contributed by atoms with Gasteiger partial charge in [-0.2, -0.15) is 4.98 Å². The van der Waals surface area contributed by atoms with Crippen LogP contribution in [0.25, 0.3) is 11.8 Å². The lowest BCUT2D eigenvalue weighted by Crippen LogP contribution is -2.34. The topological polar surface area (TPSA) is 67.1 Å². The zero-order valence-electron chi connectivity index (χ0n) is 17.1. The van der Waals surface area contributed by atoms with Gasteiger partial charge in [-0.1, -0.05) is 49.9 Å². The van der Waals surface area contributed by atoms with Crippen molar-refractivity contribution < 1.29 is 4.39 Å². The van der Waals surface area contributed by atoms with Crippen molar-refractivity contribution in [2.75, 3.05) is 16.0 Å². The maximum atomic E-state index is 14.2. The Kier molecular flexibility index (Phi) is 5.23. The molecule has 4 rings (SSSR count). The molecular weight excluding hydrogens is 377 g/mol. The van der Waals surface area contributed by atoms with E-state index in [4.69, 9.17) is 5.73 Å². The van der Waals surface area contributed by atoms with Gasteiger partial charge in [-0.3, -0.25) is 0 Å². The molecule has 3 N–H and O–H groups in total. The van der Waals surface area contributed by atoms with Crippen molar-refractivity contribution in [2.24, 2.45) is 0 Å². The highest BCUT2D eigenvalue weighted by Gasteiger charge is 2.28. The highest BCUT2D eigenvalue weighted by atomic mass is 19.1. The van der Waals surface area contributed by atoms with Crippen molar-refractivity contribution in [3.63, 3.8) is 0 Å². The number of aryl methyl sites for hydroxylation is 1. The quantitative estimate of drug-likeness (QED) is 0.623. The lowest BCUT2D eigenvalue weighted by atomic mass is 9.91. The first kappa shape index (κ1) is 19.6. The maximum absolute atomic E-state index is 14.2. The zero-order chi connectivity index (χ0) is 21.3. The van der Waals surface area contributed by atoms with E-state index in [9.17, 15) is 4.39 Å². The molecule has 0 fully saturated rings. The number of fused-ring (bicyclic) bond motifs is 1. The van der Waals surface area contributed by atoms with E-state index in [1.807, 2.05) is 37.3 Å². The van der Waals surface area contributed by atoms with Crippen LogP contribution in [0.15, 0.2) is 67.0 Å². The van der Waals surface area contributed by atoms with E-state index < -0.39 is 5.82 Å². The van der Waals surface area contributed by atoms with Crippen molar-refractivity contribution in [3.05, 3.63) is 89.5 Å². The SMILES string of the molecule is C=C1c2c(cccc2CC)C=C([C@H](C)Nc2nc(N)ncc2F)N1c1ccccc1. The molecule has 1 aliphatic heterocycles. The highest BCUT2D eigenvalue weighted by Crippen LogP contribution is 2.39. The fraction of sp³-hybridized carbons (Fsp3) is 0.167. The third-order valence-electron chi connectivity index (χ3n) is 5.26. The van der Waals surface area contributed by atoms with Crippen LogP contribution in [0.4, 0.5) is 21.8 Å². The number of nitrogens with zero attached hydrogens (tertiary/aromatic N) is 3. The number of nitrogens with two attached hydrogens (primary N) is 1. The van der Waals surface area contributed by atoms with Crippen LogP contribution in [-0.2, 0) is 6.42 Å². The van der Waals surface area contributed by atoms with Gasteiger partial charge in [0.05, 0.1) is 12.2 Å². The van der Waals surface area contributed by atoms with Crippen molar-refractivity contribution in [1.82, 2.24) is 9.97 Å². The molecule has 0 spiro atoms. The molecular formula is C24H24FN5. The minimum atomic E-state index is -0.550. The summed E-state index contributed by atoms with van der Waals surface area (Å²) < 4.78 is 14.2. The number of anilines is 3. The Bertz CT molecular complexity index is 1120. The molecule has 0 amide bonds. The second-order valence-electron chi connectivity index (χ2n) is 7.21. The molecule has 2 heterocycles. The van der Waals surface area contributed by atoms with Crippen LogP contribution in [0.5, 0.6) is 0 Å². The van der Waals surface area contributed by atoms with E-state index in [2.05, 4.69) is 58.0 Å². The average molecular weight is 401 g/mol. The lowest BCUT2D eigenvalue weighted by molar-refractivity contribution is 0.615. The molecule has 2 aromatic carbocycles. The summed E-state index contributed by atoms with van der Waals surface area (Å²) in [5, 5.41) is 3.14. The summed E-state index contributed by atoms with van der Waals surface area (Å²) in [5.41, 5.74) is 11.9. The molecule has 1 atom stereocenters. The van der Waals surface area contributed by atoms with Crippen molar-refractivity contribution in [1.29, 1.82) is 0 Å². The van der Waals surface area contributed by atoms with E-state index >= 15 is 0 Å². The zero-order valence-corrected chi connectivity index (χ0v) is 17.1. The fourth-order valence-corrected chi connectivity index (χ4v) is 3.84. The van der Waals surface area contributed by atoms with E-state index in [-0.39, 0.29) is 17.8 Å². The van der Waals surface area contributed by atoms with Crippen LogP contribution in [0, 0.1) is 5.82 Å². The molecule has 6 heteroatoms. The van der Waals surface area contributed by atoms with Crippen LogP contribution in [0.2, 0.25) is 0 Å². The summed E-state index contributed by atoms with van der Waals surface area (Å²) in [6.45, 7) is 8.53. The predicted octanol–water partition coefficient (Wildman–Crippen LogP) is 5.09. The van der Waals surface area contributed by atoms with Gasteiger partial charge >= 0.3 is 0 Å². The minimum absolute atomic E-state index is 0.0194. The van der Waals surface area contributed by atoms with Crippen molar-refractivity contribution in [3.8, 4) is 0 Å². The number of halogens is 1. The first-order chi connectivity index (χ1) is 14.5. The van der Waals surface area contributed by atoms with Gasteiger partial charge in [-0.25, -0.2) is 9.37 Å². The van der Waals surface area contributed by atoms with E-state index in [0.29, 0.717) is 0 Å². The third kappa shape index (κ3) is 3.52. The van der Waals surface area contributed by atoms with E-state index in [1.165, 1.54) is 5.56 Å². The van der Waals surface area contributed by atoms with E-state index in [0.717, 1.165) is 40.8 Å². The summed E-state index contributed by atoms with van der Waals surface area (Å²) in [4.78, 5) is 9.82.